The molecule has 1 amide bonds. The maximum absolute atomic E-state index is 12.9. The summed E-state index contributed by atoms with van der Waals surface area (Å²) in [5.41, 5.74) is 1.56. The fraction of sp³-hybridized carbons (Fsp3) is 0.0526. The van der Waals surface area contributed by atoms with Crippen molar-refractivity contribution in [1.29, 1.82) is 0 Å². The molecule has 0 aliphatic carbocycles. The van der Waals surface area contributed by atoms with Crippen molar-refractivity contribution in [2.75, 3.05) is 5.32 Å². The first-order valence-corrected chi connectivity index (χ1v) is 9.16. The molecule has 0 saturated heterocycles. The Balaban J connectivity index is 1.52. The van der Waals surface area contributed by atoms with Crippen LogP contribution >= 0.6 is 11.5 Å². The second-order valence-corrected chi connectivity index (χ2v) is 6.64. The zero-order valence-corrected chi connectivity index (χ0v) is 15.4. The van der Waals surface area contributed by atoms with Crippen LogP contribution in [0.5, 0.6) is 0 Å². The van der Waals surface area contributed by atoms with Crippen LogP contribution in [0.25, 0.3) is 22.6 Å². The Labute approximate surface area is 166 Å². The van der Waals surface area contributed by atoms with Crippen LogP contribution in [0.4, 0.5) is 18.9 Å². The van der Waals surface area contributed by atoms with Crippen molar-refractivity contribution in [3.63, 3.8) is 0 Å². The largest absolute Gasteiger partial charge is 0.416 e. The monoisotopic (exact) mass is 415 g/mol. The summed E-state index contributed by atoms with van der Waals surface area (Å²) in [6.07, 6.45) is -2.86. The van der Waals surface area contributed by atoms with Gasteiger partial charge < -0.3 is 10.3 Å². The van der Waals surface area contributed by atoms with Gasteiger partial charge in [0.15, 0.2) is 5.69 Å². The first kappa shape index (κ1) is 18.8. The van der Waals surface area contributed by atoms with Crippen molar-refractivity contribution >= 4 is 23.1 Å². The van der Waals surface area contributed by atoms with Crippen molar-refractivity contribution in [2.45, 2.75) is 6.18 Å². The minimum absolute atomic E-state index is 0.232. The number of carbonyl (C=O) groups excluding carboxylic acids is 1. The molecule has 0 aliphatic heterocycles. The first-order valence-electron chi connectivity index (χ1n) is 8.32. The zero-order chi connectivity index (χ0) is 20.4. The minimum atomic E-state index is -4.41. The lowest BCUT2D eigenvalue weighted by Crippen LogP contribution is -2.12. The zero-order valence-electron chi connectivity index (χ0n) is 14.6. The van der Waals surface area contributed by atoms with Crippen LogP contribution in [0.3, 0.4) is 0 Å². The predicted molar refractivity (Wildman–Crippen MR) is 102 cm³/mol. The average Bonchev–Trinajstić information content (AvgIpc) is 3.40. The molecule has 6 nitrogen and oxygen atoms in total. The number of H-pyrrole nitrogens is 1. The smallest absolute Gasteiger partial charge is 0.344 e. The van der Waals surface area contributed by atoms with E-state index in [-0.39, 0.29) is 11.6 Å². The number of anilines is 1. The van der Waals surface area contributed by atoms with Gasteiger partial charge >= 0.3 is 6.18 Å². The number of nitrogens with zero attached hydrogens (tertiary/aromatic N) is 3. The summed E-state index contributed by atoms with van der Waals surface area (Å²) in [7, 11) is 0. The molecular formula is C19H12F3N5OS. The molecule has 0 atom stereocenters. The standard InChI is InChI=1S/C19H12F3N5OS/c20-19(21,22)13-3-1-2-12(8-13)15-9-23-17(25-15)11-4-6-14(7-5-11)24-18(28)16-10-29-27-26-16/h1-10H,(H,23,25)(H,24,28). The number of hydrogen-bond donors (Lipinski definition) is 2. The summed E-state index contributed by atoms with van der Waals surface area (Å²) in [4.78, 5) is 19.3. The van der Waals surface area contributed by atoms with E-state index >= 15 is 0 Å². The number of imidazole rings is 1. The summed E-state index contributed by atoms with van der Waals surface area (Å²) in [6, 6.07) is 11.9. The van der Waals surface area contributed by atoms with Gasteiger partial charge in [0, 0.05) is 28.4 Å². The molecule has 29 heavy (non-hydrogen) atoms. The molecule has 2 aromatic carbocycles. The fourth-order valence-electron chi connectivity index (χ4n) is 2.64. The molecule has 0 radical (unpaired) electrons. The molecule has 146 valence electrons. The van der Waals surface area contributed by atoms with E-state index in [1.807, 2.05) is 0 Å². The van der Waals surface area contributed by atoms with E-state index in [1.54, 1.807) is 41.9 Å². The van der Waals surface area contributed by atoms with E-state index in [9.17, 15) is 18.0 Å². The molecule has 10 heteroatoms. The maximum Gasteiger partial charge on any atom is 0.416 e. The number of amides is 1. The van der Waals surface area contributed by atoms with Crippen LogP contribution in [0.1, 0.15) is 16.1 Å². The molecular weight excluding hydrogens is 403 g/mol. The summed E-state index contributed by atoms with van der Waals surface area (Å²) in [6.45, 7) is 0. The van der Waals surface area contributed by atoms with Gasteiger partial charge in [-0.2, -0.15) is 13.2 Å². The highest BCUT2D eigenvalue weighted by Crippen LogP contribution is 2.32. The molecule has 0 saturated carbocycles. The number of aromatic nitrogens is 4. The molecule has 2 aromatic heterocycles. The quantitative estimate of drug-likeness (QED) is 0.498. The van der Waals surface area contributed by atoms with Crippen molar-refractivity contribution < 1.29 is 18.0 Å². The summed E-state index contributed by atoms with van der Waals surface area (Å²) < 4.78 is 42.4. The third-order valence-electron chi connectivity index (χ3n) is 4.07. The van der Waals surface area contributed by atoms with Crippen molar-refractivity contribution in [3.05, 3.63) is 71.4 Å². The van der Waals surface area contributed by atoms with Gasteiger partial charge in [0.05, 0.1) is 11.3 Å². The van der Waals surface area contributed by atoms with E-state index in [2.05, 4.69) is 24.9 Å². The highest BCUT2D eigenvalue weighted by Gasteiger charge is 2.30. The lowest BCUT2D eigenvalue weighted by Gasteiger charge is -2.07. The Morgan fingerprint density at radius 1 is 1.07 bits per heavy atom. The van der Waals surface area contributed by atoms with Gasteiger partial charge in [-0.3, -0.25) is 4.79 Å². The topological polar surface area (TPSA) is 83.6 Å². The predicted octanol–water partition coefficient (Wildman–Crippen LogP) is 4.87. The second kappa shape index (κ2) is 7.47. The highest BCUT2D eigenvalue weighted by atomic mass is 32.1. The van der Waals surface area contributed by atoms with Gasteiger partial charge in [-0.15, -0.1) is 5.10 Å². The lowest BCUT2D eigenvalue weighted by molar-refractivity contribution is -0.137. The number of carbonyl (C=O) groups is 1. The summed E-state index contributed by atoms with van der Waals surface area (Å²) in [5.74, 6) is 0.135. The first-order chi connectivity index (χ1) is 13.9. The second-order valence-electron chi connectivity index (χ2n) is 6.03. The number of halogens is 3. The van der Waals surface area contributed by atoms with E-state index < -0.39 is 11.7 Å². The maximum atomic E-state index is 12.9. The van der Waals surface area contributed by atoms with Crippen LogP contribution in [-0.4, -0.2) is 25.5 Å². The van der Waals surface area contributed by atoms with Crippen molar-refractivity contribution in [2.24, 2.45) is 0 Å². The molecule has 0 fully saturated rings. The summed E-state index contributed by atoms with van der Waals surface area (Å²) in [5, 5.41) is 7.95. The van der Waals surface area contributed by atoms with Gasteiger partial charge in [0.25, 0.3) is 5.91 Å². The van der Waals surface area contributed by atoms with E-state index in [1.165, 1.54) is 6.07 Å². The Morgan fingerprint density at radius 2 is 1.86 bits per heavy atom. The Kier molecular flexibility index (Phi) is 4.85. The molecule has 2 N–H and O–H groups in total. The normalized spacial score (nSPS) is 11.4. The van der Waals surface area contributed by atoms with Gasteiger partial charge in [-0.1, -0.05) is 16.6 Å². The van der Waals surface area contributed by atoms with E-state index in [0.717, 1.165) is 29.2 Å². The Bertz CT molecular complexity index is 1140. The molecule has 4 aromatic rings. The Morgan fingerprint density at radius 3 is 2.55 bits per heavy atom. The fourth-order valence-corrected chi connectivity index (χ4v) is 3.08. The van der Waals surface area contributed by atoms with E-state index in [0.29, 0.717) is 22.8 Å². The number of benzene rings is 2. The number of hydrogen-bond acceptors (Lipinski definition) is 5. The average molecular weight is 415 g/mol. The van der Waals surface area contributed by atoms with Crippen LogP contribution in [0, 0.1) is 0 Å². The van der Waals surface area contributed by atoms with Crippen LogP contribution in [0.15, 0.2) is 60.1 Å². The minimum Gasteiger partial charge on any atom is -0.344 e. The highest BCUT2D eigenvalue weighted by molar-refractivity contribution is 7.03. The van der Waals surface area contributed by atoms with Crippen LogP contribution in [-0.2, 0) is 6.18 Å². The van der Waals surface area contributed by atoms with Gasteiger partial charge in [-0.05, 0) is 47.9 Å². The van der Waals surface area contributed by atoms with Crippen LogP contribution < -0.4 is 5.32 Å². The lowest BCUT2D eigenvalue weighted by atomic mass is 10.1. The third kappa shape index (κ3) is 4.16. The van der Waals surface area contributed by atoms with E-state index in [4.69, 9.17) is 0 Å². The van der Waals surface area contributed by atoms with Gasteiger partial charge in [-0.25, -0.2) is 4.98 Å². The molecule has 0 spiro atoms. The van der Waals surface area contributed by atoms with Crippen LogP contribution in [0.2, 0.25) is 0 Å². The number of aromatic amines is 1. The number of rotatable bonds is 4. The molecule has 0 unspecified atom stereocenters. The Hall–Kier alpha value is -3.53. The SMILES string of the molecule is O=C(Nc1ccc(-c2nc(-c3cccc(C(F)(F)F)c3)c[nH]2)cc1)c1csnn1. The van der Waals surface area contributed by atoms with Gasteiger partial charge in [0.1, 0.15) is 5.82 Å². The number of nitrogens with one attached hydrogen (secondary N) is 2. The third-order valence-corrected chi connectivity index (χ3v) is 4.58. The number of alkyl halides is 3. The van der Waals surface area contributed by atoms with Crippen molar-refractivity contribution in [1.82, 2.24) is 19.6 Å². The molecule has 2 heterocycles. The molecule has 0 aliphatic rings. The molecule has 4 rings (SSSR count). The van der Waals surface area contributed by atoms with Crippen molar-refractivity contribution in [3.8, 4) is 22.6 Å². The molecule has 0 bridgehead atoms. The summed E-state index contributed by atoms with van der Waals surface area (Å²) >= 11 is 1.08. The van der Waals surface area contributed by atoms with Gasteiger partial charge in [0.2, 0.25) is 0 Å².